The molecule has 82 valence electrons. The molecule has 14 heavy (non-hydrogen) atoms. The molecule has 0 bridgehead atoms. The molecule has 0 aliphatic carbocycles. The number of ether oxygens (including phenoxy) is 1. The largest absolute Gasteiger partial charge is 0.370 e. The third-order valence-electron chi connectivity index (χ3n) is 1.92. The molecule has 0 rings (SSSR count). The first-order valence-electron chi connectivity index (χ1n) is 5.24. The van der Waals surface area contributed by atoms with E-state index in [0.29, 0.717) is 5.92 Å². The van der Waals surface area contributed by atoms with Crippen LogP contribution >= 0.6 is 0 Å². The highest BCUT2D eigenvalue weighted by Crippen LogP contribution is 2.13. The Morgan fingerprint density at radius 3 is 2.43 bits per heavy atom. The van der Waals surface area contributed by atoms with E-state index in [4.69, 9.17) is 4.74 Å². The number of carbonyl (C=O) groups is 1. The van der Waals surface area contributed by atoms with Crippen LogP contribution in [0.5, 0.6) is 0 Å². The molecule has 0 aromatic rings. The number of aldehydes is 1. The summed E-state index contributed by atoms with van der Waals surface area (Å²) in [6, 6.07) is 0. The summed E-state index contributed by atoms with van der Waals surface area (Å²) in [5.41, 5.74) is 1.30. The zero-order chi connectivity index (χ0) is 11.0. The molecule has 0 spiro atoms. The van der Waals surface area contributed by atoms with Gasteiger partial charge in [0.2, 0.25) is 0 Å². The van der Waals surface area contributed by atoms with Gasteiger partial charge < -0.3 is 9.53 Å². The molecule has 2 nitrogen and oxygen atoms in total. The van der Waals surface area contributed by atoms with Crippen molar-refractivity contribution in [3.63, 3.8) is 0 Å². The van der Waals surface area contributed by atoms with Gasteiger partial charge in [-0.1, -0.05) is 25.5 Å². The molecule has 0 N–H and O–H groups in total. The Morgan fingerprint density at radius 1 is 1.36 bits per heavy atom. The van der Waals surface area contributed by atoms with Gasteiger partial charge >= 0.3 is 0 Å². The molecule has 0 aliphatic heterocycles. The van der Waals surface area contributed by atoms with Crippen LogP contribution in [0.1, 0.15) is 40.5 Å². The molecule has 1 atom stereocenters. The predicted octanol–water partition coefficient (Wildman–Crippen LogP) is 2.97. The molecule has 2 heteroatoms. The lowest BCUT2D eigenvalue weighted by Gasteiger charge is -2.17. The molecule has 0 aromatic carbocycles. The average molecular weight is 198 g/mol. The van der Waals surface area contributed by atoms with Crippen molar-refractivity contribution in [3.05, 3.63) is 11.6 Å². The van der Waals surface area contributed by atoms with Crippen molar-refractivity contribution in [2.24, 2.45) is 5.92 Å². The topological polar surface area (TPSA) is 26.3 Å². The summed E-state index contributed by atoms with van der Waals surface area (Å²) in [6.45, 7) is 8.70. The summed E-state index contributed by atoms with van der Waals surface area (Å²) in [4.78, 5) is 10.2. The first kappa shape index (κ1) is 13.4. The lowest BCUT2D eigenvalue weighted by atomic mass is 10.0. The van der Waals surface area contributed by atoms with Crippen LogP contribution in [0.25, 0.3) is 0 Å². The van der Waals surface area contributed by atoms with Crippen LogP contribution < -0.4 is 0 Å². The summed E-state index contributed by atoms with van der Waals surface area (Å²) in [6.07, 6.45) is 5.09. The fraction of sp³-hybridized carbons (Fsp3) is 0.750. The van der Waals surface area contributed by atoms with Crippen LogP contribution in [-0.4, -0.2) is 19.0 Å². The third kappa shape index (κ3) is 7.99. The quantitative estimate of drug-likeness (QED) is 0.464. The number of allylic oxidation sites excluding steroid dienone is 1. The van der Waals surface area contributed by atoms with Crippen molar-refractivity contribution < 1.29 is 9.53 Å². The summed E-state index contributed by atoms with van der Waals surface area (Å²) in [5.74, 6) is 0.609. The van der Waals surface area contributed by atoms with Crippen molar-refractivity contribution in [2.75, 3.05) is 6.61 Å². The normalized spacial score (nSPS) is 12.6. The average Bonchev–Trinajstić information content (AvgIpc) is 2.09. The van der Waals surface area contributed by atoms with Gasteiger partial charge in [-0.25, -0.2) is 0 Å². The van der Waals surface area contributed by atoms with E-state index in [9.17, 15) is 4.79 Å². The van der Waals surface area contributed by atoms with Gasteiger partial charge in [-0.2, -0.15) is 0 Å². The van der Waals surface area contributed by atoms with E-state index in [-0.39, 0.29) is 12.7 Å². The monoisotopic (exact) mass is 198 g/mol. The molecule has 0 radical (unpaired) electrons. The van der Waals surface area contributed by atoms with Crippen LogP contribution in [0.15, 0.2) is 11.6 Å². The van der Waals surface area contributed by atoms with Crippen LogP contribution in [0.2, 0.25) is 0 Å². The van der Waals surface area contributed by atoms with E-state index in [0.717, 1.165) is 19.1 Å². The van der Waals surface area contributed by atoms with Gasteiger partial charge in [0, 0.05) is 0 Å². The Labute approximate surface area is 87.3 Å². The molecule has 0 unspecified atom stereocenters. The van der Waals surface area contributed by atoms with E-state index in [1.807, 2.05) is 0 Å². The third-order valence-corrected chi connectivity index (χ3v) is 1.92. The van der Waals surface area contributed by atoms with Crippen LogP contribution in [0.3, 0.4) is 0 Å². The minimum Gasteiger partial charge on any atom is -0.370 e. The number of hydrogen-bond acceptors (Lipinski definition) is 2. The maximum Gasteiger partial charge on any atom is 0.145 e. The highest BCUT2D eigenvalue weighted by Gasteiger charge is 2.09. The van der Waals surface area contributed by atoms with E-state index >= 15 is 0 Å². The molecule has 0 aliphatic rings. The van der Waals surface area contributed by atoms with E-state index in [1.54, 1.807) is 0 Å². The van der Waals surface area contributed by atoms with Gasteiger partial charge in [0.1, 0.15) is 12.9 Å². The van der Waals surface area contributed by atoms with Crippen LogP contribution in [0.4, 0.5) is 0 Å². The molecular formula is C12H22O2. The van der Waals surface area contributed by atoms with Crippen LogP contribution in [-0.2, 0) is 9.53 Å². The van der Waals surface area contributed by atoms with Crippen LogP contribution in [0, 0.1) is 5.92 Å². The first-order chi connectivity index (χ1) is 6.56. The maximum absolute atomic E-state index is 10.2. The van der Waals surface area contributed by atoms with Crippen molar-refractivity contribution in [2.45, 2.75) is 46.6 Å². The standard InChI is InChI=1S/C12H22O2/c1-10(2)5-6-12(9-11(3)4)14-8-7-13/h5,7,11-12H,6,8-9H2,1-4H3/t12-/m1/s1. The maximum atomic E-state index is 10.2. The molecule has 0 aromatic heterocycles. The minimum atomic E-state index is 0.190. The molecular weight excluding hydrogens is 176 g/mol. The van der Waals surface area contributed by atoms with E-state index in [1.165, 1.54) is 5.57 Å². The summed E-state index contributed by atoms with van der Waals surface area (Å²) in [7, 11) is 0. The fourth-order valence-electron chi connectivity index (χ4n) is 1.30. The second-order valence-corrected chi connectivity index (χ2v) is 4.27. The first-order valence-corrected chi connectivity index (χ1v) is 5.24. The lowest BCUT2D eigenvalue weighted by molar-refractivity contribution is -0.114. The number of hydrogen-bond donors (Lipinski definition) is 0. The Hall–Kier alpha value is -0.630. The van der Waals surface area contributed by atoms with E-state index in [2.05, 4.69) is 33.8 Å². The lowest BCUT2D eigenvalue weighted by Crippen LogP contribution is -2.16. The Morgan fingerprint density at radius 2 is 2.00 bits per heavy atom. The van der Waals surface area contributed by atoms with Gasteiger partial charge in [-0.15, -0.1) is 0 Å². The predicted molar refractivity (Wildman–Crippen MR) is 59.3 cm³/mol. The number of rotatable bonds is 7. The Balaban J connectivity index is 3.96. The highest BCUT2D eigenvalue weighted by atomic mass is 16.5. The highest BCUT2D eigenvalue weighted by molar-refractivity contribution is 5.50. The van der Waals surface area contributed by atoms with Crippen molar-refractivity contribution in [1.29, 1.82) is 0 Å². The molecule has 0 saturated heterocycles. The SMILES string of the molecule is CC(C)=CC[C@H](CC(C)C)OCC=O. The zero-order valence-electron chi connectivity index (χ0n) is 9.75. The fourth-order valence-corrected chi connectivity index (χ4v) is 1.30. The molecule has 0 fully saturated rings. The summed E-state index contributed by atoms with van der Waals surface area (Å²) < 4.78 is 5.44. The van der Waals surface area contributed by atoms with Crippen molar-refractivity contribution in [1.82, 2.24) is 0 Å². The second kappa shape index (κ2) is 7.74. The molecule has 0 saturated carbocycles. The van der Waals surface area contributed by atoms with Crippen molar-refractivity contribution in [3.8, 4) is 0 Å². The smallest absolute Gasteiger partial charge is 0.145 e. The summed E-state index contributed by atoms with van der Waals surface area (Å²) in [5, 5.41) is 0. The van der Waals surface area contributed by atoms with Gasteiger partial charge in [0.25, 0.3) is 0 Å². The van der Waals surface area contributed by atoms with Gasteiger partial charge in [-0.05, 0) is 32.6 Å². The van der Waals surface area contributed by atoms with Crippen molar-refractivity contribution >= 4 is 6.29 Å². The minimum absolute atomic E-state index is 0.190. The Bertz CT molecular complexity index is 179. The second-order valence-electron chi connectivity index (χ2n) is 4.27. The molecule has 0 amide bonds. The number of carbonyl (C=O) groups excluding carboxylic acids is 1. The van der Waals surface area contributed by atoms with E-state index < -0.39 is 0 Å². The van der Waals surface area contributed by atoms with Gasteiger partial charge in [0.15, 0.2) is 0 Å². The van der Waals surface area contributed by atoms with Gasteiger partial charge in [-0.3, -0.25) is 0 Å². The zero-order valence-corrected chi connectivity index (χ0v) is 9.75. The summed E-state index contributed by atoms with van der Waals surface area (Å²) >= 11 is 0. The molecule has 0 heterocycles. The Kier molecular flexibility index (Phi) is 7.40. The van der Waals surface area contributed by atoms with Gasteiger partial charge in [0.05, 0.1) is 6.10 Å².